The zero-order valence-corrected chi connectivity index (χ0v) is 11.8. The van der Waals surface area contributed by atoms with Crippen LogP contribution in [0.5, 0.6) is 0 Å². The molecule has 0 aliphatic rings. The monoisotopic (exact) mass is 243 g/mol. The number of nitrogens with zero attached hydrogens (tertiary/aromatic N) is 1. The topological polar surface area (TPSA) is 59.3 Å². The number of hydrogen-bond acceptors (Lipinski definition) is 4. The molecule has 0 radical (unpaired) electrons. The fraction of sp³-hybridized carbons (Fsp3) is 0.818. The largest absolute Gasteiger partial charge is 0.340 e. The lowest BCUT2D eigenvalue weighted by Gasteiger charge is -2.33. The molecule has 0 aliphatic heterocycles. The van der Waals surface area contributed by atoms with Crippen LogP contribution in [0.3, 0.4) is 0 Å². The van der Waals surface area contributed by atoms with E-state index in [4.69, 9.17) is 14.7 Å². The van der Waals surface area contributed by atoms with Gasteiger partial charge in [-0.25, -0.2) is 9.37 Å². The molecule has 4 nitrogen and oxygen atoms in total. The fourth-order valence-electron chi connectivity index (χ4n) is 0.629. The van der Waals surface area contributed by atoms with E-state index in [0.29, 0.717) is 12.8 Å². The summed E-state index contributed by atoms with van der Waals surface area (Å²) >= 11 is 0. The number of nitriles is 1. The Morgan fingerprint density at radius 1 is 1.38 bits per heavy atom. The molecule has 0 spiro atoms. The zero-order valence-electron chi connectivity index (χ0n) is 10.8. The van der Waals surface area contributed by atoms with Crippen molar-refractivity contribution in [3.05, 3.63) is 0 Å². The van der Waals surface area contributed by atoms with E-state index in [1.807, 2.05) is 19.2 Å². The summed E-state index contributed by atoms with van der Waals surface area (Å²) in [5.41, 5.74) is 0. The molecule has 16 heavy (non-hydrogen) atoms. The van der Waals surface area contributed by atoms with Crippen molar-refractivity contribution in [3.8, 4) is 6.07 Å². The highest BCUT2D eigenvalue weighted by molar-refractivity contribution is 6.73. The van der Waals surface area contributed by atoms with Gasteiger partial charge in [0.25, 0.3) is 8.32 Å². The maximum absolute atomic E-state index is 11.3. The standard InChI is InChI=1S/C11H21NO3Si/c1-11(2,3)16(4,5)15-14-10(13)8-6-7-9-12/h6-8H2,1-5H3. The van der Waals surface area contributed by atoms with E-state index in [9.17, 15) is 4.79 Å². The molecular formula is C11H21NO3Si. The van der Waals surface area contributed by atoms with Crippen LogP contribution < -0.4 is 0 Å². The summed E-state index contributed by atoms with van der Waals surface area (Å²) in [6.07, 6.45) is 1.13. The summed E-state index contributed by atoms with van der Waals surface area (Å²) in [6.45, 7) is 10.2. The van der Waals surface area contributed by atoms with Crippen LogP contribution in [0.25, 0.3) is 0 Å². The predicted molar refractivity (Wildman–Crippen MR) is 63.8 cm³/mol. The molecule has 0 amide bonds. The Hall–Kier alpha value is -0.863. The van der Waals surface area contributed by atoms with Crippen molar-refractivity contribution in [3.63, 3.8) is 0 Å². The molecule has 0 fully saturated rings. The molecule has 0 unspecified atom stereocenters. The molecule has 0 heterocycles. The van der Waals surface area contributed by atoms with E-state index in [2.05, 4.69) is 20.8 Å². The lowest BCUT2D eigenvalue weighted by molar-refractivity contribution is -0.221. The van der Waals surface area contributed by atoms with Gasteiger partial charge in [0, 0.05) is 12.8 Å². The van der Waals surface area contributed by atoms with Crippen LogP contribution in [0.15, 0.2) is 0 Å². The molecule has 0 aromatic heterocycles. The molecule has 0 saturated heterocycles. The van der Waals surface area contributed by atoms with E-state index in [1.54, 1.807) is 0 Å². The minimum atomic E-state index is -2.02. The van der Waals surface area contributed by atoms with E-state index in [1.165, 1.54) is 0 Å². The van der Waals surface area contributed by atoms with Gasteiger partial charge in [0.15, 0.2) is 0 Å². The molecule has 92 valence electrons. The Bertz CT molecular complexity index is 276. The van der Waals surface area contributed by atoms with Crippen LogP contribution in [0, 0.1) is 11.3 Å². The highest BCUT2D eigenvalue weighted by Gasteiger charge is 2.40. The minimum Gasteiger partial charge on any atom is -0.310 e. The van der Waals surface area contributed by atoms with E-state index in [-0.39, 0.29) is 17.4 Å². The van der Waals surface area contributed by atoms with Gasteiger partial charge in [0.05, 0.1) is 6.07 Å². The Labute approximate surface area is 98.6 Å². The lowest BCUT2D eigenvalue weighted by Crippen LogP contribution is -2.41. The van der Waals surface area contributed by atoms with Crippen molar-refractivity contribution in [2.45, 2.75) is 58.2 Å². The lowest BCUT2D eigenvalue weighted by atomic mass is 10.2. The third-order valence-electron chi connectivity index (χ3n) is 2.82. The molecular weight excluding hydrogens is 222 g/mol. The molecule has 0 N–H and O–H groups in total. The minimum absolute atomic E-state index is 0.0138. The van der Waals surface area contributed by atoms with Gasteiger partial charge in [-0.15, -0.1) is 0 Å². The highest BCUT2D eigenvalue weighted by atomic mass is 28.4. The Morgan fingerprint density at radius 3 is 2.38 bits per heavy atom. The maximum atomic E-state index is 11.3. The third-order valence-corrected chi connectivity index (χ3v) is 6.93. The average molecular weight is 243 g/mol. The Morgan fingerprint density at radius 2 is 1.94 bits per heavy atom. The van der Waals surface area contributed by atoms with Gasteiger partial charge in [0.2, 0.25) is 0 Å². The van der Waals surface area contributed by atoms with Gasteiger partial charge in [-0.1, -0.05) is 20.8 Å². The summed E-state index contributed by atoms with van der Waals surface area (Å²) in [4.78, 5) is 16.1. The normalized spacial score (nSPS) is 12.0. The van der Waals surface area contributed by atoms with Crippen molar-refractivity contribution < 1.29 is 14.3 Å². The number of carbonyl (C=O) groups is 1. The molecule has 5 heteroatoms. The molecule has 0 aromatic rings. The maximum Gasteiger partial charge on any atom is 0.340 e. The van der Waals surface area contributed by atoms with Gasteiger partial charge in [-0.05, 0) is 24.6 Å². The van der Waals surface area contributed by atoms with E-state index >= 15 is 0 Å². The first-order chi connectivity index (χ1) is 7.20. The number of unbranched alkanes of at least 4 members (excludes halogenated alkanes) is 1. The number of hydrogen-bond donors (Lipinski definition) is 0. The summed E-state index contributed by atoms with van der Waals surface area (Å²) in [6, 6.07) is 1.98. The van der Waals surface area contributed by atoms with Crippen LogP contribution in [0.4, 0.5) is 0 Å². The van der Waals surface area contributed by atoms with Crippen LogP contribution >= 0.6 is 0 Å². The molecule has 0 atom stereocenters. The molecule has 0 saturated carbocycles. The summed E-state index contributed by atoms with van der Waals surface area (Å²) in [5, 5.41) is 8.33. The fourth-order valence-corrected chi connectivity index (χ4v) is 1.18. The van der Waals surface area contributed by atoms with Crippen molar-refractivity contribution in [2.75, 3.05) is 0 Å². The second-order valence-corrected chi connectivity index (χ2v) is 10.00. The van der Waals surface area contributed by atoms with Gasteiger partial charge in [0.1, 0.15) is 0 Å². The van der Waals surface area contributed by atoms with Crippen LogP contribution in [0.1, 0.15) is 40.0 Å². The molecule has 0 bridgehead atoms. The molecule has 0 rings (SSSR count). The quantitative estimate of drug-likeness (QED) is 0.322. The second kappa shape index (κ2) is 6.02. The predicted octanol–water partition coefficient (Wildman–Crippen LogP) is 3.16. The van der Waals surface area contributed by atoms with Crippen LogP contribution in [-0.2, 0) is 14.3 Å². The smallest absolute Gasteiger partial charge is 0.310 e. The van der Waals surface area contributed by atoms with Gasteiger partial charge >= 0.3 is 5.97 Å². The van der Waals surface area contributed by atoms with E-state index < -0.39 is 8.32 Å². The molecule has 0 aliphatic carbocycles. The summed E-state index contributed by atoms with van der Waals surface area (Å²) in [7, 11) is -2.02. The summed E-state index contributed by atoms with van der Waals surface area (Å²) < 4.78 is 5.29. The van der Waals surface area contributed by atoms with Crippen molar-refractivity contribution in [1.29, 1.82) is 5.26 Å². The summed E-state index contributed by atoms with van der Waals surface area (Å²) in [5.74, 6) is -0.389. The average Bonchev–Trinajstić information content (AvgIpc) is 2.13. The Balaban J connectivity index is 3.97. The van der Waals surface area contributed by atoms with Crippen LogP contribution in [0.2, 0.25) is 18.1 Å². The van der Waals surface area contributed by atoms with Crippen molar-refractivity contribution in [1.82, 2.24) is 0 Å². The second-order valence-electron chi connectivity index (χ2n) is 5.31. The first-order valence-corrected chi connectivity index (χ1v) is 8.37. The van der Waals surface area contributed by atoms with Crippen molar-refractivity contribution >= 4 is 14.3 Å². The van der Waals surface area contributed by atoms with Gasteiger partial charge in [-0.2, -0.15) is 5.26 Å². The third kappa shape index (κ3) is 5.28. The first-order valence-electron chi connectivity index (χ1n) is 5.46. The van der Waals surface area contributed by atoms with Crippen LogP contribution in [-0.4, -0.2) is 14.3 Å². The SMILES string of the molecule is CC(C)(C)[Si](C)(C)OOC(=O)CCCC#N. The number of rotatable bonds is 5. The van der Waals surface area contributed by atoms with Gasteiger partial charge in [-0.3, -0.25) is 0 Å². The van der Waals surface area contributed by atoms with Gasteiger partial charge < -0.3 is 4.89 Å². The van der Waals surface area contributed by atoms with Crippen molar-refractivity contribution in [2.24, 2.45) is 0 Å². The first kappa shape index (κ1) is 15.1. The van der Waals surface area contributed by atoms with E-state index in [0.717, 1.165) is 0 Å². The zero-order chi connectivity index (χ0) is 12.8. The Kier molecular flexibility index (Phi) is 5.69. The number of carbonyl (C=O) groups excluding carboxylic acids is 1. The molecule has 0 aromatic carbocycles. The highest BCUT2D eigenvalue weighted by Crippen LogP contribution is 2.36.